The Balaban J connectivity index is 1.97. The highest BCUT2D eigenvalue weighted by molar-refractivity contribution is 7.91. The van der Waals surface area contributed by atoms with Gasteiger partial charge in [0.15, 0.2) is 0 Å². The number of methoxy groups -OCH3 is 1. The zero-order valence-electron chi connectivity index (χ0n) is 15.3. The first-order valence-corrected chi connectivity index (χ1v) is 10.1. The molecule has 0 spiro atoms. The fourth-order valence-electron chi connectivity index (χ4n) is 2.66. The quantitative estimate of drug-likeness (QED) is 0.576. The third kappa shape index (κ3) is 4.26. The first kappa shape index (κ1) is 18.9. The van der Waals surface area contributed by atoms with E-state index in [0.717, 1.165) is 12.0 Å². The van der Waals surface area contributed by atoms with Crippen LogP contribution in [0.3, 0.4) is 0 Å². The van der Waals surface area contributed by atoms with Crippen molar-refractivity contribution in [2.24, 2.45) is 4.99 Å². The third-order valence-corrected chi connectivity index (χ3v) is 6.02. The highest BCUT2D eigenvalue weighted by atomic mass is 32.2. The maximum absolute atomic E-state index is 12.8. The SMILES string of the molecule is CCc1ccc(C=Nc2cc(S(=O)(=O)c3ccccc3)ccc2OC)cc1. The summed E-state index contributed by atoms with van der Waals surface area (Å²) < 4.78 is 31.0. The van der Waals surface area contributed by atoms with Crippen LogP contribution in [0.1, 0.15) is 18.1 Å². The molecule has 0 fully saturated rings. The van der Waals surface area contributed by atoms with Crippen molar-refractivity contribution < 1.29 is 13.2 Å². The molecule has 138 valence electrons. The molecule has 3 rings (SSSR count). The molecule has 0 amide bonds. The van der Waals surface area contributed by atoms with Gasteiger partial charge < -0.3 is 4.74 Å². The van der Waals surface area contributed by atoms with Crippen LogP contribution in [0.5, 0.6) is 5.75 Å². The standard InChI is InChI=1S/C22H21NO3S/c1-3-17-9-11-18(12-10-17)16-23-21-15-20(13-14-22(21)26-2)27(24,25)19-7-5-4-6-8-19/h4-16H,3H2,1-2H3. The summed E-state index contributed by atoms with van der Waals surface area (Å²) in [7, 11) is -2.07. The van der Waals surface area contributed by atoms with Gasteiger partial charge in [-0.15, -0.1) is 0 Å². The Kier molecular flexibility index (Phi) is 5.72. The predicted molar refractivity (Wildman–Crippen MR) is 108 cm³/mol. The van der Waals surface area contributed by atoms with E-state index in [1.54, 1.807) is 42.6 Å². The van der Waals surface area contributed by atoms with Crippen LogP contribution in [-0.4, -0.2) is 21.7 Å². The summed E-state index contributed by atoms with van der Waals surface area (Å²) in [5.74, 6) is 0.517. The van der Waals surface area contributed by atoms with E-state index >= 15 is 0 Å². The molecule has 0 atom stereocenters. The second kappa shape index (κ2) is 8.18. The van der Waals surface area contributed by atoms with Gasteiger partial charge in [-0.05, 0) is 47.9 Å². The minimum absolute atomic E-state index is 0.183. The summed E-state index contributed by atoms with van der Waals surface area (Å²) in [5.41, 5.74) is 2.65. The smallest absolute Gasteiger partial charge is 0.206 e. The molecule has 3 aromatic rings. The number of hydrogen-bond donors (Lipinski definition) is 0. The molecule has 0 bridgehead atoms. The monoisotopic (exact) mass is 379 g/mol. The van der Waals surface area contributed by atoms with E-state index < -0.39 is 9.84 Å². The number of aliphatic imine (C=N–C) groups is 1. The van der Waals surface area contributed by atoms with Crippen LogP contribution in [0.2, 0.25) is 0 Å². The van der Waals surface area contributed by atoms with Gasteiger partial charge in [0.05, 0.1) is 16.9 Å². The van der Waals surface area contributed by atoms with Crippen LogP contribution in [0.25, 0.3) is 0 Å². The van der Waals surface area contributed by atoms with Crippen LogP contribution in [-0.2, 0) is 16.3 Å². The number of rotatable bonds is 6. The molecule has 0 radical (unpaired) electrons. The Morgan fingerprint density at radius 3 is 2.26 bits per heavy atom. The number of ether oxygens (including phenoxy) is 1. The van der Waals surface area contributed by atoms with E-state index in [4.69, 9.17) is 4.74 Å². The van der Waals surface area contributed by atoms with Crippen molar-refractivity contribution in [3.63, 3.8) is 0 Å². The van der Waals surface area contributed by atoms with Crippen molar-refractivity contribution in [1.82, 2.24) is 0 Å². The lowest BCUT2D eigenvalue weighted by Gasteiger charge is -2.09. The van der Waals surface area contributed by atoms with E-state index in [1.165, 1.54) is 24.8 Å². The van der Waals surface area contributed by atoms with E-state index in [1.807, 2.05) is 12.1 Å². The van der Waals surface area contributed by atoms with Crippen molar-refractivity contribution in [1.29, 1.82) is 0 Å². The molecule has 0 saturated heterocycles. The Morgan fingerprint density at radius 1 is 0.926 bits per heavy atom. The molecule has 0 aliphatic heterocycles. The second-order valence-electron chi connectivity index (χ2n) is 6.00. The summed E-state index contributed by atoms with van der Waals surface area (Å²) in [5, 5.41) is 0. The maximum atomic E-state index is 12.8. The zero-order chi connectivity index (χ0) is 19.3. The van der Waals surface area contributed by atoms with Crippen molar-refractivity contribution in [2.45, 2.75) is 23.1 Å². The zero-order valence-corrected chi connectivity index (χ0v) is 16.1. The van der Waals surface area contributed by atoms with Gasteiger partial charge in [-0.2, -0.15) is 0 Å². The van der Waals surface area contributed by atoms with Gasteiger partial charge in [-0.25, -0.2) is 8.42 Å². The van der Waals surface area contributed by atoms with E-state index in [9.17, 15) is 8.42 Å². The number of hydrogen-bond acceptors (Lipinski definition) is 4. The van der Waals surface area contributed by atoms with Crippen molar-refractivity contribution >= 4 is 21.7 Å². The summed E-state index contributed by atoms with van der Waals surface area (Å²) in [6.45, 7) is 2.10. The molecule has 0 aliphatic carbocycles. The summed E-state index contributed by atoms with van der Waals surface area (Å²) in [6.07, 6.45) is 2.68. The molecular formula is C22H21NO3S. The fraction of sp³-hybridized carbons (Fsp3) is 0.136. The summed E-state index contributed by atoms with van der Waals surface area (Å²) in [6, 6.07) is 21.1. The lowest BCUT2D eigenvalue weighted by molar-refractivity contribution is 0.416. The number of aryl methyl sites for hydroxylation is 1. The van der Waals surface area contributed by atoms with Crippen molar-refractivity contribution in [2.75, 3.05) is 7.11 Å². The van der Waals surface area contributed by atoms with Gasteiger partial charge in [-0.1, -0.05) is 49.4 Å². The highest BCUT2D eigenvalue weighted by Crippen LogP contribution is 2.32. The molecule has 4 nitrogen and oxygen atoms in total. The largest absolute Gasteiger partial charge is 0.494 e. The average molecular weight is 379 g/mol. The van der Waals surface area contributed by atoms with Gasteiger partial charge in [0.1, 0.15) is 11.4 Å². The Labute approximate surface area is 160 Å². The van der Waals surface area contributed by atoms with E-state index in [2.05, 4.69) is 24.0 Å². The maximum Gasteiger partial charge on any atom is 0.206 e. The highest BCUT2D eigenvalue weighted by Gasteiger charge is 2.18. The first-order chi connectivity index (χ1) is 13.0. The molecule has 0 aliphatic rings. The van der Waals surface area contributed by atoms with E-state index in [-0.39, 0.29) is 9.79 Å². The average Bonchev–Trinajstić information content (AvgIpc) is 2.73. The number of sulfone groups is 1. The third-order valence-electron chi connectivity index (χ3n) is 4.25. The van der Waals surface area contributed by atoms with Crippen LogP contribution in [0.15, 0.2) is 87.6 Å². The molecule has 0 N–H and O–H groups in total. The Bertz CT molecular complexity index is 1040. The minimum Gasteiger partial charge on any atom is -0.494 e. The van der Waals surface area contributed by atoms with Crippen LogP contribution >= 0.6 is 0 Å². The summed E-state index contributed by atoms with van der Waals surface area (Å²) in [4.78, 5) is 4.89. The first-order valence-electron chi connectivity index (χ1n) is 8.66. The lowest BCUT2D eigenvalue weighted by Crippen LogP contribution is -2.01. The van der Waals surface area contributed by atoms with Crippen LogP contribution < -0.4 is 4.74 Å². The molecule has 0 unspecified atom stereocenters. The topological polar surface area (TPSA) is 55.7 Å². The summed E-state index contributed by atoms with van der Waals surface area (Å²) >= 11 is 0. The van der Waals surface area contributed by atoms with Gasteiger partial charge in [-0.3, -0.25) is 4.99 Å². The molecule has 0 heterocycles. The van der Waals surface area contributed by atoms with Gasteiger partial charge >= 0.3 is 0 Å². The second-order valence-corrected chi connectivity index (χ2v) is 7.95. The fourth-order valence-corrected chi connectivity index (χ4v) is 3.96. The van der Waals surface area contributed by atoms with Gasteiger partial charge in [0.2, 0.25) is 9.84 Å². The molecule has 5 heteroatoms. The predicted octanol–water partition coefficient (Wildman–Crippen LogP) is 4.84. The number of benzene rings is 3. The molecule has 27 heavy (non-hydrogen) atoms. The van der Waals surface area contributed by atoms with E-state index in [0.29, 0.717) is 11.4 Å². The van der Waals surface area contributed by atoms with Crippen LogP contribution in [0.4, 0.5) is 5.69 Å². The number of nitrogens with zero attached hydrogens (tertiary/aromatic N) is 1. The minimum atomic E-state index is -3.61. The molecular weight excluding hydrogens is 358 g/mol. The molecule has 3 aromatic carbocycles. The Hall–Kier alpha value is -2.92. The van der Waals surface area contributed by atoms with Gasteiger partial charge in [0, 0.05) is 6.21 Å². The van der Waals surface area contributed by atoms with Crippen molar-refractivity contribution in [3.05, 3.63) is 83.9 Å². The normalized spacial score (nSPS) is 11.6. The molecule has 0 saturated carbocycles. The van der Waals surface area contributed by atoms with Gasteiger partial charge in [0.25, 0.3) is 0 Å². The van der Waals surface area contributed by atoms with Crippen LogP contribution in [0, 0.1) is 0 Å². The lowest BCUT2D eigenvalue weighted by atomic mass is 10.1. The molecule has 0 aromatic heterocycles. The van der Waals surface area contributed by atoms with Crippen molar-refractivity contribution in [3.8, 4) is 5.75 Å². The Morgan fingerprint density at radius 2 is 1.63 bits per heavy atom.